The Morgan fingerprint density at radius 3 is 2.90 bits per heavy atom. The second kappa shape index (κ2) is 8.05. The van der Waals surface area contributed by atoms with E-state index in [-0.39, 0.29) is 22.2 Å². The van der Waals surface area contributed by atoms with Gasteiger partial charge in [-0.15, -0.1) is 0 Å². The molecule has 0 aromatic carbocycles. The molecule has 0 spiro atoms. The van der Waals surface area contributed by atoms with Crippen LogP contribution in [0.3, 0.4) is 0 Å². The lowest BCUT2D eigenvalue weighted by Crippen LogP contribution is -2.46. The lowest BCUT2D eigenvalue weighted by Gasteiger charge is -2.34. The van der Waals surface area contributed by atoms with E-state index in [0.29, 0.717) is 50.2 Å². The fraction of sp³-hybridized carbons (Fsp3) is 0.667. The molecule has 3 saturated heterocycles. The molecule has 2 aromatic heterocycles. The van der Waals surface area contributed by atoms with E-state index in [0.717, 1.165) is 25.8 Å². The summed E-state index contributed by atoms with van der Waals surface area (Å²) in [7, 11) is 0. The van der Waals surface area contributed by atoms with Gasteiger partial charge in [0.05, 0.1) is 24.1 Å². The third-order valence-corrected chi connectivity index (χ3v) is 7.15. The van der Waals surface area contributed by atoms with Gasteiger partial charge in [-0.1, -0.05) is 18.5 Å². The smallest absolute Gasteiger partial charge is 0.319 e. The SMILES string of the molecule is CC[C@@H]1CC[C@]2(COc3nc(N4CCOCC4)c4cnc(Cl)c(F)c4n3)CCCN12. The van der Waals surface area contributed by atoms with Crippen LogP contribution in [0.1, 0.15) is 39.0 Å². The number of pyridine rings is 1. The Morgan fingerprint density at radius 2 is 2.10 bits per heavy atom. The van der Waals surface area contributed by atoms with Crippen LogP contribution in [0.2, 0.25) is 5.15 Å². The molecule has 0 amide bonds. The molecular formula is C21H27ClFN5O2. The molecule has 30 heavy (non-hydrogen) atoms. The predicted molar refractivity (Wildman–Crippen MR) is 113 cm³/mol. The quantitative estimate of drug-likeness (QED) is 0.666. The molecule has 0 bridgehead atoms. The predicted octanol–water partition coefficient (Wildman–Crippen LogP) is 3.44. The fourth-order valence-electron chi connectivity index (χ4n) is 5.32. The normalized spacial score (nSPS) is 27.0. The van der Waals surface area contributed by atoms with Gasteiger partial charge in [-0.05, 0) is 38.6 Å². The molecule has 0 N–H and O–H groups in total. The van der Waals surface area contributed by atoms with Gasteiger partial charge in [0.2, 0.25) is 0 Å². The summed E-state index contributed by atoms with van der Waals surface area (Å²) < 4.78 is 26.4. The first-order valence-corrected chi connectivity index (χ1v) is 11.2. The van der Waals surface area contributed by atoms with Crippen molar-refractivity contribution in [3.05, 3.63) is 17.2 Å². The van der Waals surface area contributed by atoms with E-state index in [1.807, 2.05) is 0 Å². The summed E-state index contributed by atoms with van der Waals surface area (Å²) in [6.45, 7) is 6.44. The van der Waals surface area contributed by atoms with Crippen LogP contribution in [0.5, 0.6) is 6.01 Å². The number of aromatic nitrogens is 3. The number of rotatable bonds is 5. The third-order valence-electron chi connectivity index (χ3n) is 6.89. The Bertz CT molecular complexity index is 941. The van der Waals surface area contributed by atoms with Crippen LogP contribution in [0, 0.1) is 5.82 Å². The molecule has 2 aromatic rings. The minimum Gasteiger partial charge on any atom is -0.461 e. The monoisotopic (exact) mass is 435 g/mol. The average molecular weight is 436 g/mol. The van der Waals surface area contributed by atoms with Crippen molar-refractivity contribution < 1.29 is 13.9 Å². The molecule has 3 aliphatic heterocycles. The number of morpholine rings is 1. The van der Waals surface area contributed by atoms with E-state index in [1.54, 1.807) is 0 Å². The van der Waals surface area contributed by atoms with Gasteiger partial charge in [-0.2, -0.15) is 9.97 Å². The van der Waals surface area contributed by atoms with Crippen molar-refractivity contribution in [1.29, 1.82) is 0 Å². The van der Waals surface area contributed by atoms with Crippen LogP contribution in [-0.4, -0.2) is 70.9 Å². The van der Waals surface area contributed by atoms with Crippen LogP contribution in [0.25, 0.3) is 10.9 Å². The summed E-state index contributed by atoms with van der Waals surface area (Å²) in [6.07, 6.45) is 7.33. The van der Waals surface area contributed by atoms with E-state index >= 15 is 0 Å². The highest BCUT2D eigenvalue weighted by Crippen LogP contribution is 2.43. The van der Waals surface area contributed by atoms with E-state index in [4.69, 9.17) is 21.1 Å². The minimum absolute atomic E-state index is 0.0482. The molecule has 0 radical (unpaired) electrons. The Kier molecular flexibility index (Phi) is 5.41. The third kappa shape index (κ3) is 3.39. The number of anilines is 1. The van der Waals surface area contributed by atoms with Crippen molar-refractivity contribution >= 4 is 28.3 Å². The highest BCUT2D eigenvalue weighted by molar-refractivity contribution is 6.30. The van der Waals surface area contributed by atoms with Gasteiger partial charge < -0.3 is 14.4 Å². The largest absolute Gasteiger partial charge is 0.461 e. The van der Waals surface area contributed by atoms with Gasteiger partial charge in [0.15, 0.2) is 11.0 Å². The molecule has 9 heteroatoms. The lowest BCUT2D eigenvalue weighted by atomic mass is 9.95. The first kappa shape index (κ1) is 20.2. The summed E-state index contributed by atoms with van der Waals surface area (Å²) in [5.74, 6) is -0.0107. The standard InChI is InChI=1S/C21H27ClFN5O2/c1-2-14-4-6-21(5-3-7-28(14)21)13-30-20-25-17-15(12-24-18(22)16(17)23)19(26-20)27-8-10-29-11-9-27/h12,14H,2-11,13H2,1H3/t14-,21+/m1/s1. The van der Waals surface area contributed by atoms with Crippen LogP contribution in [0.15, 0.2) is 6.20 Å². The topological polar surface area (TPSA) is 63.6 Å². The van der Waals surface area contributed by atoms with Gasteiger partial charge in [0.25, 0.3) is 0 Å². The van der Waals surface area contributed by atoms with Gasteiger partial charge in [0, 0.05) is 25.3 Å². The number of fused-ring (bicyclic) bond motifs is 2. The summed E-state index contributed by atoms with van der Waals surface area (Å²) in [5, 5.41) is 0.348. The van der Waals surface area contributed by atoms with Crippen molar-refractivity contribution in [2.75, 3.05) is 44.4 Å². The maximum absolute atomic E-state index is 14.8. The number of halogens is 2. The maximum atomic E-state index is 14.8. The Morgan fingerprint density at radius 1 is 1.27 bits per heavy atom. The zero-order valence-electron chi connectivity index (χ0n) is 17.2. The summed E-state index contributed by atoms with van der Waals surface area (Å²) in [4.78, 5) is 17.7. The van der Waals surface area contributed by atoms with E-state index in [1.165, 1.54) is 19.0 Å². The van der Waals surface area contributed by atoms with E-state index in [2.05, 4.69) is 31.7 Å². The van der Waals surface area contributed by atoms with Crippen molar-refractivity contribution in [2.24, 2.45) is 0 Å². The van der Waals surface area contributed by atoms with Crippen molar-refractivity contribution in [2.45, 2.75) is 50.6 Å². The van der Waals surface area contributed by atoms with Crippen LogP contribution in [0.4, 0.5) is 10.2 Å². The summed E-state index contributed by atoms with van der Waals surface area (Å²) in [6, 6.07) is 0.825. The van der Waals surface area contributed by atoms with Gasteiger partial charge in [-0.25, -0.2) is 9.37 Å². The molecule has 0 unspecified atom stereocenters. The van der Waals surface area contributed by atoms with Gasteiger partial charge in [-0.3, -0.25) is 4.90 Å². The molecule has 3 aliphatic rings. The fourth-order valence-corrected chi connectivity index (χ4v) is 5.46. The molecule has 5 rings (SSSR count). The number of hydrogen-bond donors (Lipinski definition) is 0. The Labute approximate surface area is 180 Å². The highest BCUT2D eigenvalue weighted by Gasteiger charge is 2.49. The molecular weight excluding hydrogens is 409 g/mol. The van der Waals surface area contributed by atoms with Crippen molar-refractivity contribution in [1.82, 2.24) is 19.9 Å². The van der Waals surface area contributed by atoms with E-state index < -0.39 is 5.82 Å². The van der Waals surface area contributed by atoms with Crippen molar-refractivity contribution in [3.63, 3.8) is 0 Å². The lowest BCUT2D eigenvalue weighted by molar-refractivity contribution is 0.0835. The van der Waals surface area contributed by atoms with Crippen LogP contribution >= 0.6 is 11.6 Å². The zero-order chi connectivity index (χ0) is 20.7. The number of hydrogen-bond acceptors (Lipinski definition) is 7. The molecule has 162 valence electrons. The molecule has 5 heterocycles. The number of ether oxygens (including phenoxy) is 2. The Hall–Kier alpha value is -1.77. The van der Waals surface area contributed by atoms with Crippen molar-refractivity contribution in [3.8, 4) is 6.01 Å². The first-order chi connectivity index (χ1) is 14.6. The van der Waals surface area contributed by atoms with Gasteiger partial charge >= 0.3 is 6.01 Å². The molecule has 0 aliphatic carbocycles. The summed E-state index contributed by atoms with van der Waals surface area (Å²) in [5.41, 5.74) is 0.201. The second-order valence-electron chi connectivity index (χ2n) is 8.47. The summed E-state index contributed by atoms with van der Waals surface area (Å²) >= 11 is 5.94. The highest BCUT2D eigenvalue weighted by atomic mass is 35.5. The first-order valence-electron chi connectivity index (χ1n) is 10.9. The average Bonchev–Trinajstić information content (AvgIpc) is 3.34. The van der Waals surface area contributed by atoms with Crippen LogP contribution < -0.4 is 9.64 Å². The van der Waals surface area contributed by atoms with Crippen LogP contribution in [-0.2, 0) is 4.74 Å². The zero-order valence-corrected chi connectivity index (χ0v) is 18.0. The minimum atomic E-state index is -0.636. The second-order valence-corrected chi connectivity index (χ2v) is 8.82. The Balaban J connectivity index is 1.47. The number of nitrogens with zero attached hydrogens (tertiary/aromatic N) is 5. The van der Waals surface area contributed by atoms with E-state index in [9.17, 15) is 4.39 Å². The maximum Gasteiger partial charge on any atom is 0.319 e. The molecule has 0 saturated carbocycles. The molecule has 7 nitrogen and oxygen atoms in total. The molecule has 3 fully saturated rings. The van der Waals surface area contributed by atoms with Gasteiger partial charge in [0.1, 0.15) is 17.9 Å². The molecule has 2 atom stereocenters.